The molecule has 2 rings (SSSR count). The fraction of sp³-hybridized carbons (Fsp3) is 0.214. The molecule has 0 unspecified atom stereocenters. The zero-order valence-electron chi connectivity index (χ0n) is 11.4. The molecule has 3 N–H and O–H groups in total. The Morgan fingerprint density at radius 3 is 2.60 bits per heavy atom. The number of carbonyl (C=O) groups is 2. The predicted molar refractivity (Wildman–Crippen MR) is 76.3 cm³/mol. The van der Waals surface area contributed by atoms with E-state index in [0.29, 0.717) is 17.5 Å². The van der Waals surface area contributed by atoms with Crippen LogP contribution in [0, 0.1) is 6.92 Å². The van der Waals surface area contributed by atoms with Gasteiger partial charge in [-0.05, 0) is 6.92 Å². The molecule has 1 heterocycles. The molecule has 1 amide bonds. The van der Waals surface area contributed by atoms with Crippen LogP contribution in [-0.4, -0.2) is 29.0 Å². The first-order valence-electron chi connectivity index (χ1n) is 6.16. The second kappa shape index (κ2) is 5.56. The third-order valence-electron chi connectivity index (χ3n) is 3.04. The Bertz CT molecular complexity index is 644. The Morgan fingerprint density at radius 2 is 2.05 bits per heavy atom. The number of aromatic nitrogens is 2. The molecule has 20 heavy (non-hydrogen) atoms. The largest absolute Gasteiger partial charge is 0.383 e. The van der Waals surface area contributed by atoms with E-state index in [2.05, 4.69) is 10.4 Å². The van der Waals surface area contributed by atoms with Gasteiger partial charge >= 0.3 is 0 Å². The van der Waals surface area contributed by atoms with Crippen molar-refractivity contribution in [3.8, 4) is 11.3 Å². The van der Waals surface area contributed by atoms with E-state index in [4.69, 9.17) is 5.73 Å². The van der Waals surface area contributed by atoms with E-state index < -0.39 is 0 Å². The van der Waals surface area contributed by atoms with Crippen LogP contribution in [0.15, 0.2) is 24.3 Å². The number of amides is 1. The average molecular weight is 272 g/mol. The first-order chi connectivity index (χ1) is 9.56. The van der Waals surface area contributed by atoms with Crippen molar-refractivity contribution in [2.24, 2.45) is 0 Å². The monoisotopic (exact) mass is 272 g/mol. The smallest absolute Gasteiger partial charge is 0.241 e. The van der Waals surface area contributed by atoms with Gasteiger partial charge in [0.2, 0.25) is 5.91 Å². The summed E-state index contributed by atoms with van der Waals surface area (Å²) in [6.45, 7) is 1.96. The Kier molecular flexibility index (Phi) is 3.84. The number of hydrogen-bond acceptors (Lipinski definition) is 4. The van der Waals surface area contributed by atoms with Gasteiger partial charge in [-0.1, -0.05) is 29.8 Å². The van der Waals surface area contributed by atoms with Crippen LogP contribution in [0.4, 0.5) is 5.82 Å². The molecule has 0 radical (unpaired) electrons. The third kappa shape index (κ3) is 2.54. The molecule has 104 valence electrons. The van der Waals surface area contributed by atoms with Crippen molar-refractivity contribution in [1.29, 1.82) is 0 Å². The minimum atomic E-state index is -0.230. The summed E-state index contributed by atoms with van der Waals surface area (Å²) in [6.07, 6.45) is 0.665. The summed E-state index contributed by atoms with van der Waals surface area (Å²) in [6, 6.07) is 7.60. The molecule has 0 fully saturated rings. The Labute approximate surface area is 116 Å². The lowest BCUT2D eigenvalue weighted by molar-refractivity contribution is -0.121. The summed E-state index contributed by atoms with van der Waals surface area (Å²) in [7, 11) is 1.53. The Morgan fingerprint density at radius 1 is 1.40 bits per heavy atom. The van der Waals surface area contributed by atoms with Gasteiger partial charge in [0.15, 0.2) is 6.29 Å². The van der Waals surface area contributed by atoms with Crippen LogP contribution < -0.4 is 11.1 Å². The first kappa shape index (κ1) is 13.8. The number of rotatable bonds is 4. The molecule has 1 aromatic heterocycles. The van der Waals surface area contributed by atoms with Gasteiger partial charge < -0.3 is 11.1 Å². The number of nitrogens with zero attached hydrogens (tertiary/aromatic N) is 2. The topological polar surface area (TPSA) is 90.0 Å². The van der Waals surface area contributed by atoms with Gasteiger partial charge in [-0.2, -0.15) is 5.10 Å². The van der Waals surface area contributed by atoms with Gasteiger partial charge in [0.25, 0.3) is 0 Å². The summed E-state index contributed by atoms with van der Waals surface area (Å²) < 4.78 is 1.33. The predicted octanol–water partition coefficient (Wildman–Crippen LogP) is 0.999. The minimum Gasteiger partial charge on any atom is -0.383 e. The van der Waals surface area contributed by atoms with Gasteiger partial charge in [0.1, 0.15) is 18.1 Å². The lowest BCUT2D eigenvalue weighted by atomic mass is 10.1. The second-order valence-electron chi connectivity index (χ2n) is 4.46. The zero-order chi connectivity index (χ0) is 14.7. The van der Waals surface area contributed by atoms with Crippen LogP contribution in [0.25, 0.3) is 11.3 Å². The van der Waals surface area contributed by atoms with Crippen molar-refractivity contribution in [2.75, 3.05) is 12.8 Å². The molecule has 2 aromatic rings. The summed E-state index contributed by atoms with van der Waals surface area (Å²) in [5.74, 6) is -0.0359. The van der Waals surface area contributed by atoms with E-state index >= 15 is 0 Å². The van der Waals surface area contributed by atoms with E-state index in [1.54, 1.807) is 0 Å². The number of likely N-dealkylation sites (N-methyl/N-ethyl adjacent to an activating group) is 1. The van der Waals surface area contributed by atoms with E-state index in [1.807, 2.05) is 31.2 Å². The number of aldehydes is 1. The van der Waals surface area contributed by atoms with Crippen LogP contribution in [0.3, 0.4) is 0 Å². The van der Waals surface area contributed by atoms with Crippen molar-refractivity contribution in [2.45, 2.75) is 13.5 Å². The van der Waals surface area contributed by atoms with Gasteiger partial charge in [0, 0.05) is 12.6 Å². The van der Waals surface area contributed by atoms with Gasteiger partial charge in [-0.3, -0.25) is 9.59 Å². The van der Waals surface area contributed by atoms with Gasteiger partial charge in [0.05, 0.1) is 5.56 Å². The molecule has 6 nitrogen and oxygen atoms in total. The summed E-state index contributed by atoms with van der Waals surface area (Å²) in [4.78, 5) is 22.6. The molecule has 0 saturated heterocycles. The van der Waals surface area contributed by atoms with E-state index in [1.165, 1.54) is 11.7 Å². The van der Waals surface area contributed by atoms with Crippen molar-refractivity contribution < 1.29 is 9.59 Å². The number of carbonyl (C=O) groups excluding carboxylic acids is 2. The molecule has 1 aromatic carbocycles. The quantitative estimate of drug-likeness (QED) is 0.812. The number of hydrogen-bond donors (Lipinski definition) is 2. The third-order valence-corrected chi connectivity index (χ3v) is 3.04. The number of nitrogens with two attached hydrogens (primary N) is 1. The molecule has 0 aliphatic rings. The van der Waals surface area contributed by atoms with Crippen LogP contribution in [0.2, 0.25) is 0 Å². The molecule has 6 heteroatoms. The number of aryl methyl sites for hydroxylation is 1. The van der Waals surface area contributed by atoms with Crippen LogP contribution in [0.5, 0.6) is 0 Å². The Hall–Kier alpha value is -2.63. The van der Waals surface area contributed by atoms with E-state index in [9.17, 15) is 9.59 Å². The van der Waals surface area contributed by atoms with Crippen molar-refractivity contribution in [1.82, 2.24) is 15.1 Å². The maximum atomic E-state index is 11.4. The highest BCUT2D eigenvalue weighted by molar-refractivity contribution is 5.92. The number of nitrogens with one attached hydrogen (secondary N) is 1. The number of anilines is 1. The molecule has 0 saturated carbocycles. The molecule has 0 aliphatic carbocycles. The standard InChI is InChI=1S/C14H16N4O2/c1-9-3-5-10(6-4-9)13-11(8-19)14(15)18(17-13)7-12(20)16-2/h3-6,8H,7,15H2,1-2H3,(H,16,20). The Balaban J connectivity index is 2.47. The normalized spacial score (nSPS) is 10.3. The second-order valence-corrected chi connectivity index (χ2v) is 4.46. The summed E-state index contributed by atoms with van der Waals surface area (Å²) in [5.41, 5.74) is 8.57. The van der Waals surface area contributed by atoms with Gasteiger partial charge in [-0.25, -0.2) is 4.68 Å². The maximum Gasteiger partial charge on any atom is 0.241 e. The summed E-state index contributed by atoms with van der Waals surface area (Å²) >= 11 is 0. The average Bonchev–Trinajstić information content (AvgIpc) is 2.76. The minimum absolute atomic E-state index is 0.0188. The molecule has 0 spiro atoms. The molecule has 0 bridgehead atoms. The molecular weight excluding hydrogens is 256 g/mol. The molecular formula is C14H16N4O2. The zero-order valence-corrected chi connectivity index (χ0v) is 11.4. The lowest BCUT2D eigenvalue weighted by Crippen LogP contribution is -2.24. The highest BCUT2D eigenvalue weighted by Crippen LogP contribution is 2.26. The SMILES string of the molecule is CNC(=O)Cn1nc(-c2ccc(C)cc2)c(C=O)c1N. The molecule has 0 aliphatic heterocycles. The fourth-order valence-electron chi connectivity index (χ4n) is 1.87. The highest BCUT2D eigenvalue weighted by Gasteiger charge is 2.17. The first-order valence-corrected chi connectivity index (χ1v) is 6.16. The van der Waals surface area contributed by atoms with Crippen molar-refractivity contribution >= 4 is 18.0 Å². The van der Waals surface area contributed by atoms with E-state index in [0.717, 1.165) is 11.1 Å². The number of benzene rings is 1. The fourth-order valence-corrected chi connectivity index (χ4v) is 1.87. The van der Waals surface area contributed by atoms with Crippen molar-refractivity contribution in [3.05, 3.63) is 35.4 Å². The van der Waals surface area contributed by atoms with Crippen molar-refractivity contribution in [3.63, 3.8) is 0 Å². The maximum absolute atomic E-state index is 11.4. The van der Waals surface area contributed by atoms with Gasteiger partial charge in [-0.15, -0.1) is 0 Å². The van der Waals surface area contributed by atoms with Crippen LogP contribution in [-0.2, 0) is 11.3 Å². The molecule has 0 atom stereocenters. The van der Waals surface area contributed by atoms with E-state index in [-0.39, 0.29) is 18.3 Å². The summed E-state index contributed by atoms with van der Waals surface area (Å²) in [5, 5.41) is 6.76. The number of nitrogen functional groups attached to an aromatic ring is 1. The van der Waals surface area contributed by atoms with Crippen LogP contribution in [0.1, 0.15) is 15.9 Å². The van der Waals surface area contributed by atoms with Crippen LogP contribution >= 0.6 is 0 Å². The highest BCUT2D eigenvalue weighted by atomic mass is 16.2. The lowest BCUT2D eigenvalue weighted by Gasteiger charge is -2.02.